The normalized spacial score (nSPS) is 11.4. The minimum atomic E-state index is -4.01. The van der Waals surface area contributed by atoms with Gasteiger partial charge in [-0.1, -0.05) is 37.7 Å². The van der Waals surface area contributed by atoms with Crippen molar-refractivity contribution in [3.8, 4) is 5.75 Å². The molecule has 1 aromatic heterocycles. The second-order valence-corrected chi connectivity index (χ2v) is 10.3. The molecule has 0 aliphatic heterocycles. The molecular formula is C23H25N3O5S2. The predicted octanol–water partition coefficient (Wildman–Crippen LogP) is 3.86. The van der Waals surface area contributed by atoms with Crippen LogP contribution in [-0.2, 0) is 14.6 Å². The maximum absolute atomic E-state index is 12.8. The molecule has 0 atom stereocenters. The first-order valence-corrected chi connectivity index (χ1v) is 12.8. The SMILES string of the molecule is CCOc1ccc(NC(=O)CSc2ncc(S(=O)(=O)c3ccc(C(C)C)cc3)c(=O)[nH]2)cc1. The highest BCUT2D eigenvalue weighted by molar-refractivity contribution is 7.99. The van der Waals surface area contributed by atoms with E-state index in [1.165, 1.54) is 12.1 Å². The van der Waals surface area contributed by atoms with Crippen molar-refractivity contribution in [1.82, 2.24) is 9.97 Å². The van der Waals surface area contributed by atoms with Crippen LogP contribution in [0.2, 0.25) is 0 Å². The van der Waals surface area contributed by atoms with Gasteiger partial charge >= 0.3 is 0 Å². The van der Waals surface area contributed by atoms with E-state index in [1.54, 1.807) is 36.4 Å². The van der Waals surface area contributed by atoms with Crippen LogP contribution in [0.15, 0.2) is 74.5 Å². The molecule has 33 heavy (non-hydrogen) atoms. The number of amides is 1. The number of anilines is 1. The maximum Gasteiger partial charge on any atom is 0.270 e. The molecule has 2 aromatic carbocycles. The first kappa shape index (κ1) is 24.5. The van der Waals surface area contributed by atoms with Gasteiger partial charge in [0.1, 0.15) is 5.75 Å². The van der Waals surface area contributed by atoms with Gasteiger partial charge in [0, 0.05) is 5.69 Å². The number of sulfone groups is 1. The fraction of sp³-hybridized carbons (Fsp3) is 0.261. The highest BCUT2D eigenvalue weighted by Crippen LogP contribution is 2.22. The van der Waals surface area contributed by atoms with Crippen molar-refractivity contribution in [2.45, 2.75) is 41.6 Å². The largest absolute Gasteiger partial charge is 0.494 e. The van der Waals surface area contributed by atoms with Crippen LogP contribution in [0, 0.1) is 0 Å². The molecule has 1 amide bonds. The summed E-state index contributed by atoms with van der Waals surface area (Å²) in [4.78, 5) is 30.7. The molecule has 10 heteroatoms. The molecule has 1 heterocycles. The summed E-state index contributed by atoms with van der Waals surface area (Å²) in [5.74, 6) is 0.653. The van der Waals surface area contributed by atoms with Gasteiger partial charge < -0.3 is 15.0 Å². The lowest BCUT2D eigenvalue weighted by Gasteiger charge is -2.08. The smallest absolute Gasteiger partial charge is 0.270 e. The molecule has 0 aliphatic rings. The Balaban J connectivity index is 1.65. The number of benzene rings is 2. The number of hydrogen-bond acceptors (Lipinski definition) is 7. The zero-order valence-electron chi connectivity index (χ0n) is 18.5. The van der Waals surface area contributed by atoms with E-state index in [2.05, 4.69) is 15.3 Å². The summed E-state index contributed by atoms with van der Waals surface area (Å²) in [6, 6.07) is 13.4. The molecule has 174 valence electrons. The Labute approximate surface area is 196 Å². The number of ether oxygens (including phenoxy) is 1. The Bertz CT molecular complexity index is 1270. The average Bonchev–Trinajstić information content (AvgIpc) is 2.79. The monoisotopic (exact) mass is 487 g/mol. The molecule has 0 radical (unpaired) electrons. The van der Waals surface area contributed by atoms with E-state index < -0.39 is 20.3 Å². The van der Waals surface area contributed by atoms with E-state index in [0.29, 0.717) is 18.0 Å². The Morgan fingerprint density at radius 2 is 1.79 bits per heavy atom. The van der Waals surface area contributed by atoms with Crippen LogP contribution in [0.1, 0.15) is 32.3 Å². The Morgan fingerprint density at radius 3 is 2.36 bits per heavy atom. The van der Waals surface area contributed by atoms with E-state index in [9.17, 15) is 18.0 Å². The fourth-order valence-corrected chi connectivity index (χ4v) is 4.79. The summed E-state index contributed by atoms with van der Waals surface area (Å²) >= 11 is 0.995. The van der Waals surface area contributed by atoms with Gasteiger partial charge in [-0.05, 0) is 54.8 Å². The average molecular weight is 488 g/mol. The van der Waals surface area contributed by atoms with E-state index >= 15 is 0 Å². The van der Waals surface area contributed by atoms with Crippen LogP contribution in [0.4, 0.5) is 5.69 Å². The molecule has 2 N–H and O–H groups in total. The maximum atomic E-state index is 12.8. The van der Waals surface area contributed by atoms with Crippen molar-refractivity contribution in [1.29, 1.82) is 0 Å². The van der Waals surface area contributed by atoms with Crippen molar-refractivity contribution >= 4 is 33.2 Å². The van der Waals surface area contributed by atoms with Crippen molar-refractivity contribution in [3.63, 3.8) is 0 Å². The fourth-order valence-electron chi connectivity index (χ4n) is 2.92. The van der Waals surface area contributed by atoms with Crippen LogP contribution in [0.25, 0.3) is 0 Å². The lowest BCUT2D eigenvalue weighted by Crippen LogP contribution is -2.20. The van der Waals surface area contributed by atoms with Crippen LogP contribution in [0.5, 0.6) is 5.75 Å². The van der Waals surface area contributed by atoms with Gasteiger partial charge in [0.05, 0.1) is 23.5 Å². The lowest BCUT2D eigenvalue weighted by atomic mass is 10.0. The van der Waals surface area contributed by atoms with Crippen LogP contribution >= 0.6 is 11.8 Å². The van der Waals surface area contributed by atoms with Crippen molar-refractivity contribution in [3.05, 3.63) is 70.6 Å². The molecule has 0 aliphatic carbocycles. The van der Waals surface area contributed by atoms with E-state index in [1.807, 2.05) is 20.8 Å². The molecule has 0 spiro atoms. The third kappa shape index (κ3) is 6.23. The van der Waals surface area contributed by atoms with E-state index in [0.717, 1.165) is 23.5 Å². The first-order valence-electron chi connectivity index (χ1n) is 10.3. The number of thioether (sulfide) groups is 1. The minimum absolute atomic E-state index is 0.0150. The first-order chi connectivity index (χ1) is 15.7. The van der Waals surface area contributed by atoms with Crippen molar-refractivity contribution in [2.24, 2.45) is 0 Å². The van der Waals surface area contributed by atoms with Crippen LogP contribution in [0.3, 0.4) is 0 Å². The molecule has 0 fully saturated rings. The van der Waals surface area contributed by atoms with Crippen LogP contribution in [-0.4, -0.2) is 36.7 Å². The summed E-state index contributed by atoms with van der Waals surface area (Å²) in [5, 5.41) is 2.88. The van der Waals surface area contributed by atoms with Gasteiger partial charge in [-0.15, -0.1) is 0 Å². The summed E-state index contributed by atoms with van der Waals surface area (Å²) in [5.41, 5.74) is 0.819. The number of aromatic amines is 1. The third-order valence-corrected chi connectivity index (χ3v) is 7.33. The lowest BCUT2D eigenvalue weighted by molar-refractivity contribution is -0.113. The molecule has 0 saturated carbocycles. The number of hydrogen-bond donors (Lipinski definition) is 2. The number of nitrogens with zero attached hydrogens (tertiary/aromatic N) is 1. The highest BCUT2D eigenvalue weighted by Gasteiger charge is 2.22. The Hall–Kier alpha value is -3.11. The predicted molar refractivity (Wildman–Crippen MR) is 128 cm³/mol. The minimum Gasteiger partial charge on any atom is -0.494 e. The highest BCUT2D eigenvalue weighted by atomic mass is 32.2. The second kappa shape index (κ2) is 10.7. The van der Waals surface area contributed by atoms with Gasteiger partial charge in [0.15, 0.2) is 10.1 Å². The van der Waals surface area contributed by atoms with Crippen LogP contribution < -0.4 is 15.6 Å². The Morgan fingerprint density at radius 1 is 1.12 bits per heavy atom. The molecule has 0 unspecified atom stereocenters. The van der Waals surface area contributed by atoms with Gasteiger partial charge in [-0.3, -0.25) is 9.59 Å². The number of rotatable bonds is 9. The van der Waals surface area contributed by atoms with Gasteiger partial charge in [0.25, 0.3) is 5.56 Å². The number of carbonyl (C=O) groups is 1. The summed E-state index contributed by atoms with van der Waals surface area (Å²) in [6.45, 7) is 6.45. The second-order valence-electron chi connectivity index (χ2n) is 7.40. The number of nitrogens with one attached hydrogen (secondary N) is 2. The Kier molecular flexibility index (Phi) is 7.93. The van der Waals surface area contributed by atoms with Gasteiger partial charge in [-0.2, -0.15) is 0 Å². The van der Waals surface area contributed by atoms with Crippen molar-refractivity contribution < 1.29 is 17.9 Å². The standard InChI is InChI=1S/C23H25N3O5S2/c1-4-31-18-9-7-17(8-10-18)25-21(27)14-32-23-24-13-20(22(28)26-23)33(29,30)19-11-5-16(6-12-19)15(2)3/h5-13,15H,4,14H2,1-3H3,(H,25,27)(H,24,26,28). The molecule has 0 saturated heterocycles. The molecular weight excluding hydrogens is 462 g/mol. The zero-order valence-corrected chi connectivity index (χ0v) is 20.1. The van der Waals surface area contributed by atoms with Gasteiger partial charge in [-0.25, -0.2) is 13.4 Å². The molecule has 3 rings (SSSR count). The number of aromatic nitrogens is 2. The van der Waals surface area contributed by atoms with Gasteiger partial charge in [0.2, 0.25) is 15.7 Å². The van der Waals surface area contributed by atoms with Crippen molar-refractivity contribution in [2.75, 3.05) is 17.7 Å². The molecule has 3 aromatic rings. The number of carbonyl (C=O) groups excluding carboxylic acids is 1. The summed E-state index contributed by atoms with van der Waals surface area (Å²) in [6.07, 6.45) is 1.03. The topological polar surface area (TPSA) is 118 Å². The zero-order chi connectivity index (χ0) is 24.0. The van der Waals surface area contributed by atoms with E-state index in [4.69, 9.17) is 4.74 Å². The van der Waals surface area contributed by atoms with E-state index in [-0.39, 0.29) is 27.6 Å². The quantitative estimate of drug-likeness (QED) is 0.348. The molecule has 0 bridgehead atoms. The summed E-state index contributed by atoms with van der Waals surface area (Å²) < 4.78 is 31.0. The third-order valence-electron chi connectivity index (χ3n) is 4.68. The molecule has 8 nitrogen and oxygen atoms in total. The number of H-pyrrole nitrogens is 1. The summed E-state index contributed by atoms with van der Waals surface area (Å²) in [7, 11) is -4.01.